The summed E-state index contributed by atoms with van der Waals surface area (Å²) in [6.45, 7) is 0. The lowest BCUT2D eigenvalue weighted by Crippen LogP contribution is -2.27. The van der Waals surface area contributed by atoms with Crippen LogP contribution in [0.2, 0.25) is 0 Å². The standard InChI is InChI=1S/C17H17N3O3/c21-16(14-8-18-15(19-14)9-5-6-9)20-13-7-12(17(22)23)10-3-1-2-4-11(10)13/h1-4,8-9,12-13H,5-7H2,(H,18,19)(H,20,21)(H,22,23). The Morgan fingerprint density at radius 2 is 1.96 bits per heavy atom. The maximum Gasteiger partial charge on any atom is 0.311 e. The highest BCUT2D eigenvalue weighted by Gasteiger charge is 2.36. The van der Waals surface area contributed by atoms with Crippen LogP contribution < -0.4 is 5.32 Å². The summed E-state index contributed by atoms with van der Waals surface area (Å²) in [7, 11) is 0. The fourth-order valence-corrected chi connectivity index (χ4v) is 3.26. The van der Waals surface area contributed by atoms with E-state index in [1.54, 1.807) is 6.20 Å². The van der Waals surface area contributed by atoms with Gasteiger partial charge in [-0.2, -0.15) is 0 Å². The minimum absolute atomic E-state index is 0.241. The number of aromatic amines is 1. The molecule has 1 heterocycles. The van der Waals surface area contributed by atoms with Crippen LogP contribution in [0.5, 0.6) is 0 Å². The summed E-state index contributed by atoms with van der Waals surface area (Å²) in [4.78, 5) is 31.2. The third kappa shape index (κ3) is 2.50. The zero-order valence-electron chi connectivity index (χ0n) is 12.5. The first-order chi connectivity index (χ1) is 11.1. The molecule has 1 fully saturated rings. The van der Waals surface area contributed by atoms with Gasteiger partial charge in [0.15, 0.2) is 0 Å². The van der Waals surface area contributed by atoms with Crippen LogP contribution in [-0.2, 0) is 4.79 Å². The van der Waals surface area contributed by atoms with Crippen molar-refractivity contribution in [2.24, 2.45) is 0 Å². The number of imidazole rings is 1. The Morgan fingerprint density at radius 1 is 1.22 bits per heavy atom. The summed E-state index contributed by atoms with van der Waals surface area (Å²) in [5.74, 6) is -0.340. The van der Waals surface area contributed by atoms with E-state index in [-0.39, 0.29) is 11.9 Å². The molecule has 0 saturated heterocycles. The van der Waals surface area contributed by atoms with E-state index in [4.69, 9.17) is 0 Å². The molecular formula is C17H17N3O3. The lowest BCUT2D eigenvalue weighted by molar-refractivity contribution is -0.138. The van der Waals surface area contributed by atoms with E-state index in [1.807, 2.05) is 24.3 Å². The quantitative estimate of drug-likeness (QED) is 0.807. The molecule has 1 amide bonds. The Kier molecular flexibility index (Phi) is 3.18. The molecule has 2 aromatic rings. The molecule has 1 aromatic heterocycles. The maximum atomic E-state index is 12.4. The lowest BCUT2D eigenvalue weighted by Gasteiger charge is -2.13. The Balaban J connectivity index is 1.54. The smallest absolute Gasteiger partial charge is 0.311 e. The van der Waals surface area contributed by atoms with Gasteiger partial charge in [-0.1, -0.05) is 24.3 Å². The Labute approximate surface area is 132 Å². The van der Waals surface area contributed by atoms with Gasteiger partial charge < -0.3 is 15.4 Å². The first-order valence-electron chi connectivity index (χ1n) is 7.81. The second kappa shape index (κ2) is 5.22. The van der Waals surface area contributed by atoms with Crippen molar-refractivity contribution in [3.8, 4) is 0 Å². The zero-order valence-corrected chi connectivity index (χ0v) is 12.5. The summed E-state index contributed by atoms with van der Waals surface area (Å²) in [6.07, 6.45) is 4.16. The van der Waals surface area contributed by atoms with E-state index in [0.717, 1.165) is 29.8 Å². The van der Waals surface area contributed by atoms with Crippen LogP contribution in [-0.4, -0.2) is 27.0 Å². The number of H-pyrrole nitrogens is 1. The molecule has 2 aliphatic carbocycles. The van der Waals surface area contributed by atoms with Crippen molar-refractivity contribution < 1.29 is 14.7 Å². The molecule has 0 spiro atoms. The largest absolute Gasteiger partial charge is 0.481 e. The summed E-state index contributed by atoms with van der Waals surface area (Å²) >= 11 is 0. The average Bonchev–Trinajstić information content (AvgIpc) is 3.15. The molecule has 2 unspecified atom stereocenters. The van der Waals surface area contributed by atoms with Gasteiger partial charge in [-0.25, -0.2) is 4.98 Å². The highest BCUT2D eigenvalue weighted by molar-refractivity contribution is 5.92. The van der Waals surface area contributed by atoms with Crippen molar-refractivity contribution in [2.75, 3.05) is 0 Å². The van der Waals surface area contributed by atoms with Gasteiger partial charge in [0.1, 0.15) is 11.5 Å². The highest BCUT2D eigenvalue weighted by Crippen LogP contribution is 2.40. The molecule has 4 rings (SSSR count). The number of hydrogen-bond acceptors (Lipinski definition) is 3. The van der Waals surface area contributed by atoms with Crippen LogP contribution in [0.1, 0.15) is 64.6 Å². The molecule has 2 aliphatic rings. The Hall–Kier alpha value is -2.63. The number of benzene rings is 1. The number of hydrogen-bond donors (Lipinski definition) is 3. The van der Waals surface area contributed by atoms with Gasteiger partial charge in [-0.05, 0) is 30.4 Å². The van der Waals surface area contributed by atoms with Crippen molar-refractivity contribution >= 4 is 11.9 Å². The van der Waals surface area contributed by atoms with Crippen LogP contribution in [0.25, 0.3) is 0 Å². The van der Waals surface area contributed by atoms with Crippen molar-refractivity contribution in [3.63, 3.8) is 0 Å². The summed E-state index contributed by atoms with van der Waals surface area (Å²) < 4.78 is 0. The van der Waals surface area contributed by atoms with E-state index in [9.17, 15) is 14.7 Å². The highest BCUT2D eigenvalue weighted by atomic mass is 16.4. The molecule has 3 N–H and O–H groups in total. The molecule has 0 aliphatic heterocycles. The topological polar surface area (TPSA) is 95.1 Å². The SMILES string of the molecule is O=C(NC1CC(C(=O)O)c2ccccc21)c1cnc(C2CC2)[nH]1. The number of aliphatic carboxylic acids is 1. The molecule has 1 saturated carbocycles. The van der Waals surface area contributed by atoms with Crippen molar-refractivity contribution in [3.05, 3.63) is 53.1 Å². The van der Waals surface area contributed by atoms with Gasteiger partial charge in [0.2, 0.25) is 0 Å². The lowest BCUT2D eigenvalue weighted by atomic mass is 10.0. The number of amides is 1. The van der Waals surface area contributed by atoms with Gasteiger partial charge in [-0.3, -0.25) is 9.59 Å². The van der Waals surface area contributed by atoms with E-state index < -0.39 is 11.9 Å². The fraction of sp³-hybridized carbons (Fsp3) is 0.353. The van der Waals surface area contributed by atoms with E-state index in [2.05, 4.69) is 15.3 Å². The number of carbonyl (C=O) groups is 2. The van der Waals surface area contributed by atoms with Crippen LogP contribution >= 0.6 is 0 Å². The Bertz CT molecular complexity index is 779. The molecule has 118 valence electrons. The number of carboxylic acid groups (broad SMARTS) is 1. The van der Waals surface area contributed by atoms with E-state index in [0.29, 0.717) is 18.0 Å². The normalized spacial score (nSPS) is 22.6. The van der Waals surface area contributed by atoms with Crippen LogP contribution in [0.15, 0.2) is 30.5 Å². The van der Waals surface area contributed by atoms with Crippen molar-refractivity contribution in [2.45, 2.75) is 37.1 Å². The number of rotatable bonds is 4. The Morgan fingerprint density at radius 3 is 2.65 bits per heavy atom. The predicted octanol–water partition coefficient (Wildman–Crippen LogP) is 2.33. The van der Waals surface area contributed by atoms with Gasteiger partial charge in [0.25, 0.3) is 5.91 Å². The first kappa shape index (κ1) is 14.0. The minimum Gasteiger partial charge on any atom is -0.481 e. The monoisotopic (exact) mass is 311 g/mol. The van der Waals surface area contributed by atoms with Crippen LogP contribution in [0, 0.1) is 0 Å². The minimum atomic E-state index is -0.855. The number of nitrogens with zero attached hydrogens (tertiary/aromatic N) is 1. The predicted molar refractivity (Wildman–Crippen MR) is 82.2 cm³/mol. The van der Waals surface area contributed by atoms with Gasteiger partial charge >= 0.3 is 5.97 Å². The van der Waals surface area contributed by atoms with E-state index >= 15 is 0 Å². The average molecular weight is 311 g/mol. The first-order valence-corrected chi connectivity index (χ1v) is 7.81. The summed E-state index contributed by atoms with van der Waals surface area (Å²) in [5, 5.41) is 12.3. The molecule has 6 heteroatoms. The second-order valence-electron chi connectivity index (χ2n) is 6.24. The summed E-state index contributed by atoms with van der Waals surface area (Å²) in [5.41, 5.74) is 2.10. The van der Waals surface area contributed by atoms with Crippen LogP contribution in [0.3, 0.4) is 0 Å². The zero-order chi connectivity index (χ0) is 16.0. The van der Waals surface area contributed by atoms with Crippen LogP contribution in [0.4, 0.5) is 0 Å². The number of carbonyl (C=O) groups excluding carboxylic acids is 1. The molecule has 1 aromatic carbocycles. The molecule has 2 atom stereocenters. The fourth-order valence-electron chi connectivity index (χ4n) is 3.26. The van der Waals surface area contributed by atoms with Crippen molar-refractivity contribution in [1.82, 2.24) is 15.3 Å². The third-order valence-corrected chi connectivity index (χ3v) is 4.63. The number of nitrogens with one attached hydrogen (secondary N) is 2. The second-order valence-corrected chi connectivity index (χ2v) is 6.24. The van der Waals surface area contributed by atoms with Gasteiger partial charge in [0.05, 0.1) is 18.2 Å². The number of fused-ring (bicyclic) bond motifs is 1. The maximum absolute atomic E-state index is 12.4. The molecular weight excluding hydrogens is 294 g/mol. The van der Waals surface area contributed by atoms with Crippen molar-refractivity contribution in [1.29, 1.82) is 0 Å². The molecule has 0 bridgehead atoms. The van der Waals surface area contributed by atoms with E-state index in [1.165, 1.54) is 0 Å². The third-order valence-electron chi connectivity index (χ3n) is 4.63. The molecule has 6 nitrogen and oxygen atoms in total. The molecule has 0 radical (unpaired) electrons. The van der Waals surface area contributed by atoms with Gasteiger partial charge in [0, 0.05) is 5.92 Å². The number of aromatic nitrogens is 2. The molecule has 23 heavy (non-hydrogen) atoms. The summed E-state index contributed by atoms with van der Waals surface area (Å²) in [6, 6.07) is 7.11. The van der Waals surface area contributed by atoms with Gasteiger partial charge in [-0.15, -0.1) is 0 Å². The number of carboxylic acids is 1.